The van der Waals surface area contributed by atoms with Gasteiger partial charge in [0.1, 0.15) is 11.6 Å². The maximum absolute atomic E-state index is 13.5. The van der Waals surface area contributed by atoms with E-state index < -0.39 is 28.7 Å². The SMILES string of the molecule is Cn1c(-c2cc(F)ccc2C(F)(F)F)nc2ccccc2c1=O. The second-order valence-electron chi connectivity index (χ2n) is 5.00. The van der Waals surface area contributed by atoms with Gasteiger partial charge in [-0.1, -0.05) is 12.1 Å². The second-order valence-corrected chi connectivity index (χ2v) is 5.00. The molecule has 0 saturated carbocycles. The van der Waals surface area contributed by atoms with Gasteiger partial charge in [0.25, 0.3) is 5.56 Å². The average Bonchev–Trinajstić information content (AvgIpc) is 2.49. The van der Waals surface area contributed by atoms with Crippen LogP contribution in [0.25, 0.3) is 22.3 Å². The predicted molar refractivity (Wildman–Crippen MR) is 77.4 cm³/mol. The molecular formula is C16H10F4N2O. The van der Waals surface area contributed by atoms with E-state index in [4.69, 9.17) is 0 Å². The lowest BCUT2D eigenvalue weighted by Gasteiger charge is -2.15. The lowest BCUT2D eigenvalue weighted by molar-refractivity contribution is -0.137. The number of aromatic nitrogens is 2. The van der Waals surface area contributed by atoms with Gasteiger partial charge in [-0.15, -0.1) is 0 Å². The molecule has 0 unspecified atom stereocenters. The summed E-state index contributed by atoms with van der Waals surface area (Å²) in [7, 11) is 1.31. The van der Waals surface area contributed by atoms with Crippen LogP contribution in [0.3, 0.4) is 0 Å². The minimum Gasteiger partial charge on any atom is -0.295 e. The maximum Gasteiger partial charge on any atom is 0.417 e. The molecule has 2 aromatic carbocycles. The van der Waals surface area contributed by atoms with Gasteiger partial charge in [0.2, 0.25) is 0 Å². The van der Waals surface area contributed by atoms with E-state index in [2.05, 4.69) is 4.98 Å². The highest BCUT2D eigenvalue weighted by Gasteiger charge is 2.35. The van der Waals surface area contributed by atoms with Crippen molar-refractivity contribution in [2.24, 2.45) is 7.05 Å². The predicted octanol–water partition coefficient (Wildman–Crippen LogP) is 3.76. The van der Waals surface area contributed by atoms with Crippen molar-refractivity contribution in [1.29, 1.82) is 0 Å². The van der Waals surface area contributed by atoms with E-state index in [1.54, 1.807) is 12.1 Å². The number of hydrogen-bond acceptors (Lipinski definition) is 2. The molecule has 0 amide bonds. The smallest absolute Gasteiger partial charge is 0.295 e. The summed E-state index contributed by atoms with van der Waals surface area (Å²) in [4.78, 5) is 16.4. The standard InChI is InChI=1S/C16H10F4N2O/c1-22-14(21-13-5-3-2-4-10(13)15(22)23)11-8-9(17)6-7-12(11)16(18,19)20/h2-8H,1H3. The number of rotatable bonds is 1. The van der Waals surface area contributed by atoms with Crippen LogP contribution in [0.1, 0.15) is 5.56 Å². The van der Waals surface area contributed by atoms with Gasteiger partial charge in [0.15, 0.2) is 0 Å². The van der Waals surface area contributed by atoms with E-state index >= 15 is 0 Å². The Kier molecular flexibility index (Phi) is 3.43. The molecule has 23 heavy (non-hydrogen) atoms. The van der Waals surface area contributed by atoms with Gasteiger partial charge in [0.05, 0.1) is 16.5 Å². The lowest BCUT2D eigenvalue weighted by atomic mass is 10.1. The summed E-state index contributed by atoms with van der Waals surface area (Å²) in [5, 5.41) is 0.281. The lowest BCUT2D eigenvalue weighted by Crippen LogP contribution is -2.21. The molecule has 0 aliphatic rings. The number of alkyl halides is 3. The normalized spacial score (nSPS) is 11.9. The fraction of sp³-hybridized carbons (Fsp3) is 0.125. The first-order valence-electron chi connectivity index (χ1n) is 6.62. The first-order chi connectivity index (χ1) is 10.8. The Morgan fingerprint density at radius 1 is 1.09 bits per heavy atom. The molecule has 3 nitrogen and oxygen atoms in total. The summed E-state index contributed by atoms with van der Waals surface area (Å²) in [5.41, 5.74) is -1.76. The number of fused-ring (bicyclic) bond motifs is 1. The highest BCUT2D eigenvalue weighted by atomic mass is 19.4. The molecule has 1 aromatic heterocycles. The van der Waals surface area contributed by atoms with Crippen molar-refractivity contribution >= 4 is 10.9 Å². The van der Waals surface area contributed by atoms with E-state index in [1.165, 1.54) is 19.2 Å². The number of hydrogen-bond donors (Lipinski definition) is 0. The number of nitrogens with zero attached hydrogens (tertiary/aromatic N) is 2. The molecule has 0 radical (unpaired) electrons. The van der Waals surface area contributed by atoms with Gasteiger partial charge >= 0.3 is 6.18 Å². The van der Waals surface area contributed by atoms with Crippen LogP contribution in [-0.2, 0) is 13.2 Å². The zero-order valence-corrected chi connectivity index (χ0v) is 11.9. The summed E-state index contributed by atoms with van der Waals surface area (Å²) >= 11 is 0. The van der Waals surface area contributed by atoms with Crippen LogP contribution in [0.2, 0.25) is 0 Å². The van der Waals surface area contributed by atoms with Gasteiger partial charge in [-0.2, -0.15) is 13.2 Å². The monoisotopic (exact) mass is 322 g/mol. The Hall–Kier alpha value is -2.70. The Morgan fingerprint density at radius 3 is 2.48 bits per heavy atom. The molecule has 0 N–H and O–H groups in total. The van der Waals surface area contributed by atoms with Crippen molar-refractivity contribution in [3.63, 3.8) is 0 Å². The fourth-order valence-electron chi connectivity index (χ4n) is 2.41. The van der Waals surface area contributed by atoms with Crippen LogP contribution in [0, 0.1) is 5.82 Å². The van der Waals surface area contributed by atoms with Crippen LogP contribution in [-0.4, -0.2) is 9.55 Å². The van der Waals surface area contributed by atoms with Crippen molar-refractivity contribution in [3.8, 4) is 11.4 Å². The minimum atomic E-state index is -4.69. The van der Waals surface area contributed by atoms with Gasteiger partial charge in [-0.3, -0.25) is 9.36 Å². The van der Waals surface area contributed by atoms with Crippen molar-refractivity contribution < 1.29 is 17.6 Å². The van der Waals surface area contributed by atoms with Crippen molar-refractivity contribution in [1.82, 2.24) is 9.55 Å². The van der Waals surface area contributed by atoms with E-state index in [0.717, 1.165) is 16.7 Å². The van der Waals surface area contributed by atoms with Crippen molar-refractivity contribution in [2.75, 3.05) is 0 Å². The molecule has 0 aliphatic carbocycles. The third-order valence-corrected chi connectivity index (χ3v) is 3.51. The quantitative estimate of drug-likeness (QED) is 0.640. The average molecular weight is 322 g/mol. The third-order valence-electron chi connectivity index (χ3n) is 3.51. The van der Waals surface area contributed by atoms with Crippen LogP contribution in [0.5, 0.6) is 0 Å². The molecule has 0 spiro atoms. The van der Waals surface area contributed by atoms with E-state index in [0.29, 0.717) is 6.07 Å². The molecule has 1 heterocycles. The number of para-hydroxylation sites is 1. The first-order valence-corrected chi connectivity index (χ1v) is 6.62. The molecular weight excluding hydrogens is 312 g/mol. The molecule has 0 atom stereocenters. The Bertz CT molecular complexity index is 960. The maximum atomic E-state index is 13.5. The molecule has 3 aromatic rings. The van der Waals surface area contributed by atoms with Crippen molar-refractivity contribution in [3.05, 3.63) is 64.2 Å². The van der Waals surface area contributed by atoms with Gasteiger partial charge in [0, 0.05) is 12.6 Å². The molecule has 7 heteroatoms. The van der Waals surface area contributed by atoms with Gasteiger partial charge in [-0.05, 0) is 30.3 Å². The van der Waals surface area contributed by atoms with Crippen LogP contribution < -0.4 is 5.56 Å². The van der Waals surface area contributed by atoms with Crippen molar-refractivity contribution in [2.45, 2.75) is 6.18 Å². The molecule has 3 rings (SSSR count). The molecule has 0 aliphatic heterocycles. The second kappa shape index (κ2) is 5.19. The Morgan fingerprint density at radius 2 is 1.78 bits per heavy atom. The van der Waals surface area contributed by atoms with Crippen LogP contribution in [0.4, 0.5) is 17.6 Å². The molecule has 0 saturated heterocycles. The van der Waals surface area contributed by atoms with E-state index in [1.807, 2.05) is 0 Å². The summed E-state index contributed by atoms with van der Waals surface area (Å²) in [6, 6.07) is 8.41. The fourth-order valence-corrected chi connectivity index (χ4v) is 2.41. The highest BCUT2D eigenvalue weighted by Crippen LogP contribution is 2.36. The number of halogens is 4. The summed E-state index contributed by atoms with van der Waals surface area (Å²) in [6.07, 6.45) is -4.69. The summed E-state index contributed by atoms with van der Waals surface area (Å²) < 4.78 is 54.0. The highest BCUT2D eigenvalue weighted by molar-refractivity contribution is 5.80. The molecule has 0 fully saturated rings. The largest absolute Gasteiger partial charge is 0.417 e. The van der Waals surface area contributed by atoms with Crippen LogP contribution in [0.15, 0.2) is 47.3 Å². The van der Waals surface area contributed by atoms with E-state index in [9.17, 15) is 22.4 Å². The van der Waals surface area contributed by atoms with Crippen LogP contribution >= 0.6 is 0 Å². The number of benzene rings is 2. The minimum absolute atomic E-state index is 0.236. The summed E-state index contributed by atoms with van der Waals surface area (Å²) in [5.74, 6) is -1.07. The molecule has 118 valence electrons. The Balaban J connectivity index is 2.40. The topological polar surface area (TPSA) is 34.9 Å². The van der Waals surface area contributed by atoms with Gasteiger partial charge in [-0.25, -0.2) is 9.37 Å². The van der Waals surface area contributed by atoms with E-state index in [-0.39, 0.29) is 16.7 Å². The first kappa shape index (κ1) is 15.2. The zero-order chi connectivity index (χ0) is 16.8. The summed E-state index contributed by atoms with van der Waals surface area (Å²) in [6.45, 7) is 0. The zero-order valence-electron chi connectivity index (χ0n) is 11.9. The Labute approximate surface area is 127 Å². The third kappa shape index (κ3) is 2.58. The van der Waals surface area contributed by atoms with Gasteiger partial charge < -0.3 is 0 Å². The molecule has 0 bridgehead atoms.